The second kappa shape index (κ2) is 5.08. The molecule has 0 spiro atoms. The van der Waals surface area contributed by atoms with Crippen molar-refractivity contribution in [1.82, 2.24) is 10.3 Å². The quantitative estimate of drug-likeness (QED) is 0.850. The third-order valence-corrected chi connectivity index (χ3v) is 4.47. The van der Waals surface area contributed by atoms with Gasteiger partial charge in [0.25, 0.3) is 0 Å². The molecular formula is C12H20N2S. The lowest BCUT2D eigenvalue weighted by atomic mass is 10.00. The smallest absolute Gasteiger partial charge is 0.0798 e. The van der Waals surface area contributed by atoms with Gasteiger partial charge in [-0.15, -0.1) is 11.3 Å². The second-order valence-corrected chi connectivity index (χ2v) is 5.51. The van der Waals surface area contributed by atoms with E-state index in [2.05, 4.69) is 24.1 Å². The van der Waals surface area contributed by atoms with Crippen molar-refractivity contribution >= 4 is 11.3 Å². The first-order chi connectivity index (χ1) is 7.27. The standard InChI is InChI=1S/C12H20N2S/c1-9(11-5-3-4-6-11)13-7-12-10(2)14-8-15-12/h8-9,11,13H,3-7H2,1-2H3/t9-/m0/s1. The lowest BCUT2D eigenvalue weighted by Crippen LogP contribution is -2.31. The van der Waals surface area contributed by atoms with Gasteiger partial charge in [-0.1, -0.05) is 12.8 Å². The monoisotopic (exact) mass is 224 g/mol. The van der Waals surface area contributed by atoms with Gasteiger partial charge < -0.3 is 5.32 Å². The van der Waals surface area contributed by atoms with E-state index in [0.29, 0.717) is 6.04 Å². The van der Waals surface area contributed by atoms with Crippen molar-refractivity contribution in [2.45, 2.75) is 52.1 Å². The Morgan fingerprint density at radius 1 is 1.53 bits per heavy atom. The zero-order valence-corrected chi connectivity index (χ0v) is 10.4. The molecule has 3 heteroatoms. The first kappa shape index (κ1) is 11.1. The van der Waals surface area contributed by atoms with E-state index >= 15 is 0 Å². The summed E-state index contributed by atoms with van der Waals surface area (Å²) in [5.41, 5.74) is 3.12. The molecule has 1 saturated carbocycles. The zero-order valence-electron chi connectivity index (χ0n) is 9.62. The molecule has 1 N–H and O–H groups in total. The highest BCUT2D eigenvalue weighted by molar-refractivity contribution is 7.09. The summed E-state index contributed by atoms with van der Waals surface area (Å²) in [7, 11) is 0. The molecule has 1 heterocycles. The molecule has 1 atom stereocenters. The molecule has 1 aliphatic rings. The molecule has 84 valence electrons. The third-order valence-electron chi connectivity index (χ3n) is 3.54. The topological polar surface area (TPSA) is 24.9 Å². The molecule has 0 saturated heterocycles. The molecule has 15 heavy (non-hydrogen) atoms. The largest absolute Gasteiger partial charge is 0.309 e. The highest BCUT2D eigenvalue weighted by atomic mass is 32.1. The SMILES string of the molecule is Cc1ncsc1CN[C@@H](C)C1CCCC1. The normalized spacial score (nSPS) is 19.6. The van der Waals surface area contributed by atoms with Crippen LogP contribution in [0.2, 0.25) is 0 Å². The predicted molar refractivity (Wildman–Crippen MR) is 65.1 cm³/mol. The Labute approximate surface area is 96.1 Å². The van der Waals surface area contributed by atoms with Gasteiger partial charge in [-0.2, -0.15) is 0 Å². The molecular weight excluding hydrogens is 204 g/mol. The van der Waals surface area contributed by atoms with Crippen molar-refractivity contribution < 1.29 is 0 Å². The van der Waals surface area contributed by atoms with Crippen LogP contribution in [-0.2, 0) is 6.54 Å². The van der Waals surface area contributed by atoms with Crippen LogP contribution >= 0.6 is 11.3 Å². The Kier molecular flexibility index (Phi) is 3.76. The van der Waals surface area contributed by atoms with Crippen LogP contribution in [0.25, 0.3) is 0 Å². The summed E-state index contributed by atoms with van der Waals surface area (Å²) in [6.07, 6.45) is 5.68. The molecule has 2 nitrogen and oxygen atoms in total. The van der Waals surface area contributed by atoms with Gasteiger partial charge in [0.2, 0.25) is 0 Å². The first-order valence-corrected chi connectivity index (χ1v) is 6.77. The van der Waals surface area contributed by atoms with Crippen LogP contribution in [0.1, 0.15) is 43.2 Å². The van der Waals surface area contributed by atoms with Gasteiger partial charge in [0, 0.05) is 17.5 Å². The Balaban J connectivity index is 1.80. The van der Waals surface area contributed by atoms with Gasteiger partial charge in [0.15, 0.2) is 0 Å². The minimum atomic E-state index is 0.661. The van der Waals surface area contributed by atoms with Crippen LogP contribution in [0.3, 0.4) is 0 Å². The summed E-state index contributed by atoms with van der Waals surface area (Å²) >= 11 is 1.76. The third kappa shape index (κ3) is 2.79. The van der Waals surface area contributed by atoms with Crippen LogP contribution in [0.5, 0.6) is 0 Å². The maximum atomic E-state index is 4.27. The van der Waals surface area contributed by atoms with Gasteiger partial charge in [0.05, 0.1) is 11.2 Å². The fraction of sp³-hybridized carbons (Fsp3) is 0.750. The Bertz CT molecular complexity index is 302. The van der Waals surface area contributed by atoms with Gasteiger partial charge in [-0.25, -0.2) is 4.98 Å². The minimum Gasteiger partial charge on any atom is -0.309 e. The number of hydrogen-bond acceptors (Lipinski definition) is 3. The fourth-order valence-electron chi connectivity index (χ4n) is 2.37. The summed E-state index contributed by atoms with van der Waals surface area (Å²) < 4.78 is 0. The maximum Gasteiger partial charge on any atom is 0.0798 e. The van der Waals surface area contributed by atoms with Crippen molar-refractivity contribution in [3.8, 4) is 0 Å². The molecule has 2 rings (SSSR count). The van der Waals surface area contributed by atoms with E-state index < -0.39 is 0 Å². The molecule has 1 aromatic heterocycles. The van der Waals surface area contributed by atoms with E-state index in [9.17, 15) is 0 Å². The van der Waals surface area contributed by atoms with E-state index in [4.69, 9.17) is 0 Å². The average Bonchev–Trinajstić information content (AvgIpc) is 2.85. The number of hydrogen-bond donors (Lipinski definition) is 1. The minimum absolute atomic E-state index is 0.661. The maximum absolute atomic E-state index is 4.27. The van der Waals surface area contributed by atoms with Crippen LogP contribution in [-0.4, -0.2) is 11.0 Å². The predicted octanol–water partition coefficient (Wildman–Crippen LogP) is 3.12. The van der Waals surface area contributed by atoms with Crippen molar-refractivity contribution in [2.24, 2.45) is 5.92 Å². The zero-order chi connectivity index (χ0) is 10.7. The van der Waals surface area contributed by atoms with E-state index in [-0.39, 0.29) is 0 Å². The molecule has 0 bridgehead atoms. The lowest BCUT2D eigenvalue weighted by Gasteiger charge is -2.20. The highest BCUT2D eigenvalue weighted by Crippen LogP contribution is 2.27. The number of nitrogens with zero attached hydrogens (tertiary/aromatic N) is 1. The Morgan fingerprint density at radius 2 is 2.27 bits per heavy atom. The number of aromatic nitrogens is 1. The highest BCUT2D eigenvalue weighted by Gasteiger charge is 2.21. The molecule has 0 amide bonds. The van der Waals surface area contributed by atoms with Gasteiger partial charge in [0.1, 0.15) is 0 Å². The van der Waals surface area contributed by atoms with Crippen LogP contribution in [0.4, 0.5) is 0 Å². The van der Waals surface area contributed by atoms with Crippen molar-refractivity contribution in [3.63, 3.8) is 0 Å². The van der Waals surface area contributed by atoms with Gasteiger partial charge in [-0.3, -0.25) is 0 Å². The molecule has 1 fully saturated rings. The number of thiazole rings is 1. The molecule has 0 radical (unpaired) electrons. The summed E-state index contributed by atoms with van der Waals surface area (Å²) in [6.45, 7) is 5.41. The van der Waals surface area contributed by atoms with Crippen LogP contribution in [0, 0.1) is 12.8 Å². The second-order valence-electron chi connectivity index (χ2n) is 4.58. The summed E-state index contributed by atoms with van der Waals surface area (Å²) in [5.74, 6) is 0.901. The number of nitrogens with one attached hydrogen (secondary N) is 1. The first-order valence-electron chi connectivity index (χ1n) is 5.89. The molecule has 0 unspecified atom stereocenters. The lowest BCUT2D eigenvalue weighted by molar-refractivity contribution is 0.381. The van der Waals surface area contributed by atoms with Crippen molar-refractivity contribution in [3.05, 3.63) is 16.1 Å². The van der Waals surface area contributed by atoms with E-state index in [0.717, 1.165) is 12.5 Å². The Hall–Kier alpha value is -0.410. The van der Waals surface area contributed by atoms with E-state index in [1.165, 1.54) is 36.3 Å². The molecule has 1 aromatic rings. The number of rotatable bonds is 4. The van der Waals surface area contributed by atoms with Gasteiger partial charge in [-0.05, 0) is 32.6 Å². The van der Waals surface area contributed by atoms with E-state index in [1.807, 2.05) is 5.51 Å². The van der Waals surface area contributed by atoms with Crippen LogP contribution < -0.4 is 5.32 Å². The number of aryl methyl sites for hydroxylation is 1. The summed E-state index contributed by atoms with van der Waals surface area (Å²) in [5, 5.41) is 3.64. The van der Waals surface area contributed by atoms with Gasteiger partial charge >= 0.3 is 0 Å². The fourth-order valence-corrected chi connectivity index (χ4v) is 3.10. The molecule has 0 aromatic carbocycles. The van der Waals surface area contributed by atoms with Crippen LogP contribution in [0.15, 0.2) is 5.51 Å². The van der Waals surface area contributed by atoms with Crippen molar-refractivity contribution in [1.29, 1.82) is 0 Å². The molecule has 1 aliphatic carbocycles. The Morgan fingerprint density at radius 3 is 2.87 bits per heavy atom. The average molecular weight is 224 g/mol. The van der Waals surface area contributed by atoms with E-state index in [1.54, 1.807) is 11.3 Å². The summed E-state index contributed by atoms with van der Waals surface area (Å²) in [4.78, 5) is 5.66. The van der Waals surface area contributed by atoms with Crippen molar-refractivity contribution in [2.75, 3.05) is 0 Å². The summed E-state index contributed by atoms with van der Waals surface area (Å²) in [6, 6.07) is 0.661. The molecule has 0 aliphatic heterocycles.